The van der Waals surface area contributed by atoms with Crippen LogP contribution in [0.1, 0.15) is 11.1 Å². The van der Waals surface area contributed by atoms with E-state index in [9.17, 15) is 0 Å². The molecular formula is C50H36N2O2. The van der Waals surface area contributed by atoms with Gasteiger partial charge in [0, 0.05) is 34.6 Å². The van der Waals surface area contributed by atoms with E-state index in [0.29, 0.717) is 0 Å². The second-order valence-electron chi connectivity index (χ2n) is 13.8. The molecule has 0 aliphatic carbocycles. The van der Waals surface area contributed by atoms with Gasteiger partial charge in [0.15, 0.2) is 0 Å². The van der Waals surface area contributed by atoms with Gasteiger partial charge in [0.2, 0.25) is 11.8 Å². The van der Waals surface area contributed by atoms with E-state index in [1.54, 1.807) is 0 Å². The molecule has 10 aromatic rings. The van der Waals surface area contributed by atoms with Crippen LogP contribution in [0.25, 0.3) is 55.0 Å². The molecule has 0 fully saturated rings. The molecule has 54 heavy (non-hydrogen) atoms. The Morgan fingerprint density at radius 2 is 0.778 bits per heavy atom. The highest BCUT2D eigenvalue weighted by molar-refractivity contribution is 6.28. The average molecular weight is 697 g/mol. The molecule has 0 unspecified atom stereocenters. The summed E-state index contributed by atoms with van der Waals surface area (Å²) in [7, 11) is 0. The van der Waals surface area contributed by atoms with Crippen LogP contribution in [0.15, 0.2) is 191 Å². The Bertz CT molecular complexity index is 2720. The number of hydrogen-bond acceptors (Lipinski definition) is 4. The highest BCUT2D eigenvalue weighted by Gasteiger charge is 2.23. The first-order chi connectivity index (χ1) is 26.6. The van der Waals surface area contributed by atoms with Crippen molar-refractivity contribution < 1.29 is 8.83 Å². The highest BCUT2D eigenvalue weighted by Crippen LogP contribution is 2.47. The third kappa shape index (κ3) is 5.22. The molecule has 8 aromatic carbocycles. The Kier molecular flexibility index (Phi) is 7.55. The van der Waals surface area contributed by atoms with E-state index >= 15 is 0 Å². The number of aryl methyl sites for hydroxylation is 2. The maximum atomic E-state index is 6.83. The van der Waals surface area contributed by atoms with Crippen molar-refractivity contribution in [2.45, 2.75) is 13.8 Å². The number of rotatable bonds is 8. The van der Waals surface area contributed by atoms with Crippen molar-refractivity contribution in [3.05, 3.63) is 193 Å². The van der Waals surface area contributed by atoms with Gasteiger partial charge in [0.25, 0.3) is 0 Å². The van der Waals surface area contributed by atoms with Gasteiger partial charge in [-0.1, -0.05) is 109 Å². The first-order valence-corrected chi connectivity index (χ1v) is 18.3. The van der Waals surface area contributed by atoms with Crippen LogP contribution in [0.4, 0.5) is 34.5 Å². The Morgan fingerprint density at radius 1 is 0.370 bits per heavy atom. The van der Waals surface area contributed by atoms with E-state index in [0.717, 1.165) is 78.7 Å². The summed E-state index contributed by atoms with van der Waals surface area (Å²) in [6.07, 6.45) is 0. The first-order valence-electron chi connectivity index (χ1n) is 18.3. The molecule has 10 rings (SSSR count). The molecule has 0 radical (unpaired) electrons. The highest BCUT2D eigenvalue weighted by atomic mass is 16.4. The lowest BCUT2D eigenvalue weighted by molar-refractivity contribution is 0.588. The van der Waals surface area contributed by atoms with Crippen LogP contribution in [0.5, 0.6) is 0 Å². The molecule has 0 aliphatic heterocycles. The number of para-hydroxylation sites is 4. The molecule has 0 amide bonds. The summed E-state index contributed by atoms with van der Waals surface area (Å²) in [6, 6.07) is 63.7. The minimum absolute atomic E-state index is 0.766. The number of anilines is 6. The first kappa shape index (κ1) is 31.7. The van der Waals surface area contributed by atoms with Crippen LogP contribution in [-0.4, -0.2) is 0 Å². The fraction of sp³-hybridized carbons (Fsp3) is 0.0400. The Hall–Kier alpha value is -7.04. The molecule has 0 atom stereocenters. The molecule has 4 heteroatoms. The third-order valence-corrected chi connectivity index (χ3v) is 10.5. The van der Waals surface area contributed by atoms with Crippen molar-refractivity contribution in [1.29, 1.82) is 0 Å². The number of hydrogen-bond donors (Lipinski definition) is 0. The lowest BCUT2D eigenvalue weighted by Crippen LogP contribution is -2.10. The van der Waals surface area contributed by atoms with Crippen LogP contribution in [0.3, 0.4) is 0 Å². The summed E-state index contributed by atoms with van der Waals surface area (Å²) in [4.78, 5) is 4.39. The predicted octanol–water partition coefficient (Wildman–Crippen LogP) is 14.7. The second kappa shape index (κ2) is 12.9. The van der Waals surface area contributed by atoms with Crippen molar-refractivity contribution in [2.75, 3.05) is 9.80 Å². The maximum Gasteiger partial charge on any atom is 0.205 e. The maximum absolute atomic E-state index is 6.83. The van der Waals surface area contributed by atoms with Gasteiger partial charge in [-0.05, 0) is 118 Å². The fourth-order valence-corrected chi connectivity index (χ4v) is 8.00. The number of nitrogens with zero attached hydrogens (tertiary/aromatic N) is 2. The van der Waals surface area contributed by atoms with Gasteiger partial charge < -0.3 is 8.83 Å². The van der Waals surface area contributed by atoms with Gasteiger partial charge in [-0.3, -0.25) is 9.80 Å². The van der Waals surface area contributed by atoms with E-state index in [4.69, 9.17) is 8.83 Å². The standard InChI is InChI=1S/C50H36N2O2/c1-33-15-9-11-25-43(33)51(37-19-5-3-6-20-37)47-29-27-45(53-47)41-31-35-17-14-24-40-42(32-36-18-13-23-39(41)49(36)50(35)40)46-28-30-48(54-46)52(38-21-7-4-8-22-38)44-26-12-10-16-34(44)2/h3-32H,1-2H3. The topological polar surface area (TPSA) is 32.8 Å². The number of furan rings is 2. The minimum atomic E-state index is 0.766. The summed E-state index contributed by atoms with van der Waals surface area (Å²) in [6.45, 7) is 4.27. The Labute approximate surface area is 314 Å². The molecule has 0 N–H and O–H groups in total. The third-order valence-electron chi connectivity index (χ3n) is 10.5. The normalized spacial score (nSPS) is 11.5. The van der Waals surface area contributed by atoms with Crippen molar-refractivity contribution in [2.24, 2.45) is 0 Å². The summed E-state index contributed by atoms with van der Waals surface area (Å²) in [5.74, 6) is 3.18. The molecule has 0 saturated carbocycles. The quantitative estimate of drug-likeness (QED) is 0.148. The lowest BCUT2D eigenvalue weighted by atomic mass is 9.88. The summed E-state index contributed by atoms with van der Waals surface area (Å²) in [5.41, 5.74) is 8.72. The fourth-order valence-electron chi connectivity index (χ4n) is 8.00. The van der Waals surface area contributed by atoms with Gasteiger partial charge in [-0.2, -0.15) is 0 Å². The van der Waals surface area contributed by atoms with Crippen LogP contribution in [0, 0.1) is 13.8 Å². The van der Waals surface area contributed by atoms with Gasteiger partial charge in [-0.15, -0.1) is 0 Å². The zero-order valence-corrected chi connectivity index (χ0v) is 30.0. The SMILES string of the molecule is Cc1ccccc1N(c1ccccc1)c1ccc(-c2cc3cccc4c(-c5ccc(N(c6ccccc6)c6ccccc6C)o5)cc5cccc2c5c34)o1. The summed E-state index contributed by atoms with van der Waals surface area (Å²) >= 11 is 0. The molecule has 2 aromatic heterocycles. The van der Waals surface area contributed by atoms with Gasteiger partial charge >= 0.3 is 0 Å². The average Bonchev–Trinajstić information content (AvgIpc) is 3.90. The van der Waals surface area contributed by atoms with E-state index in [1.165, 1.54) is 21.9 Å². The zero-order valence-electron chi connectivity index (χ0n) is 30.0. The van der Waals surface area contributed by atoms with Crippen molar-refractivity contribution in [1.82, 2.24) is 0 Å². The van der Waals surface area contributed by atoms with Gasteiger partial charge in [0.05, 0.1) is 11.4 Å². The van der Waals surface area contributed by atoms with E-state index in [1.807, 2.05) is 12.1 Å². The summed E-state index contributed by atoms with van der Waals surface area (Å²) < 4.78 is 13.7. The van der Waals surface area contributed by atoms with Gasteiger partial charge in [-0.25, -0.2) is 0 Å². The largest absolute Gasteiger partial charge is 0.440 e. The Morgan fingerprint density at radius 3 is 1.20 bits per heavy atom. The molecule has 0 bridgehead atoms. The molecule has 258 valence electrons. The summed E-state index contributed by atoms with van der Waals surface area (Å²) in [5, 5.41) is 7.06. The van der Waals surface area contributed by atoms with Crippen molar-refractivity contribution in [3.8, 4) is 22.6 Å². The van der Waals surface area contributed by atoms with Crippen molar-refractivity contribution in [3.63, 3.8) is 0 Å². The zero-order chi connectivity index (χ0) is 36.2. The van der Waals surface area contributed by atoms with Crippen LogP contribution >= 0.6 is 0 Å². The molecule has 2 heterocycles. The van der Waals surface area contributed by atoms with Crippen LogP contribution < -0.4 is 9.80 Å². The lowest BCUT2D eigenvalue weighted by Gasteiger charge is -2.24. The Balaban J connectivity index is 1.11. The smallest absolute Gasteiger partial charge is 0.205 e. The van der Waals surface area contributed by atoms with Crippen LogP contribution in [0.2, 0.25) is 0 Å². The molecule has 0 spiro atoms. The van der Waals surface area contributed by atoms with Crippen LogP contribution in [-0.2, 0) is 0 Å². The molecule has 0 saturated heterocycles. The number of benzene rings is 8. The van der Waals surface area contributed by atoms with E-state index in [-0.39, 0.29) is 0 Å². The molecule has 4 nitrogen and oxygen atoms in total. The van der Waals surface area contributed by atoms with Gasteiger partial charge in [0.1, 0.15) is 11.5 Å². The minimum Gasteiger partial charge on any atom is -0.440 e. The van der Waals surface area contributed by atoms with Crippen molar-refractivity contribution >= 4 is 66.8 Å². The predicted molar refractivity (Wildman–Crippen MR) is 224 cm³/mol. The monoisotopic (exact) mass is 696 g/mol. The van der Waals surface area contributed by atoms with E-state index < -0.39 is 0 Å². The molecular weight excluding hydrogens is 661 g/mol. The molecule has 0 aliphatic rings. The second-order valence-corrected chi connectivity index (χ2v) is 13.8. The van der Waals surface area contributed by atoms with E-state index in [2.05, 4.69) is 194 Å².